The maximum absolute atomic E-state index is 12.3. The van der Waals surface area contributed by atoms with Gasteiger partial charge in [0.2, 0.25) is 0 Å². The zero-order valence-electron chi connectivity index (χ0n) is 12.6. The molecule has 1 saturated carbocycles. The van der Waals surface area contributed by atoms with Gasteiger partial charge in [0.1, 0.15) is 5.54 Å². The minimum Gasteiger partial charge on any atom is -0.310 e. The molecule has 0 radical (unpaired) electrons. The molecule has 1 N–H and O–H groups in total. The third-order valence-electron chi connectivity index (χ3n) is 4.46. The SMILES string of the molecule is CC1CCCC2(C1)C(=O)NC(=O)N2CCC(C)(C)C. The first-order valence-corrected chi connectivity index (χ1v) is 7.38. The van der Waals surface area contributed by atoms with Gasteiger partial charge in [-0.25, -0.2) is 4.79 Å². The molecule has 2 rings (SSSR count). The Labute approximate surface area is 115 Å². The van der Waals surface area contributed by atoms with E-state index < -0.39 is 5.54 Å². The summed E-state index contributed by atoms with van der Waals surface area (Å²) in [7, 11) is 0. The quantitative estimate of drug-likeness (QED) is 0.781. The molecule has 1 aliphatic carbocycles. The lowest BCUT2D eigenvalue weighted by molar-refractivity contribution is -0.129. The molecule has 2 fully saturated rings. The van der Waals surface area contributed by atoms with E-state index >= 15 is 0 Å². The molecule has 1 heterocycles. The van der Waals surface area contributed by atoms with Crippen molar-refractivity contribution in [2.24, 2.45) is 11.3 Å². The summed E-state index contributed by atoms with van der Waals surface area (Å²) in [6.07, 6.45) is 4.75. The van der Waals surface area contributed by atoms with Crippen LogP contribution in [0.5, 0.6) is 0 Å². The van der Waals surface area contributed by atoms with Crippen LogP contribution in [-0.4, -0.2) is 28.9 Å². The fourth-order valence-corrected chi connectivity index (χ4v) is 3.34. The summed E-state index contributed by atoms with van der Waals surface area (Å²) in [6, 6.07) is -0.191. The van der Waals surface area contributed by atoms with E-state index in [0.29, 0.717) is 12.5 Å². The average Bonchev–Trinajstić information content (AvgIpc) is 2.47. The number of nitrogens with one attached hydrogen (secondary N) is 1. The van der Waals surface area contributed by atoms with Crippen LogP contribution in [0.1, 0.15) is 59.8 Å². The molecule has 0 aromatic carbocycles. The van der Waals surface area contributed by atoms with Crippen molar-refractivity contribution in [3.63, 3.8) is 0 Å². The van der Waals surface area contributed by atoms with Gasteiger partial charge in [0.15, 0.2) is 0 Å². The number of imide groups is 1. The number of carbonyl (C=O) groups excluding carboxylic acids is 2. The molecule has 3 amide bonds. The van der Waals surface area contributed by atoms with Crippen molar-refractivity contribution in [2.45, 2.75) is 65.3 Å². The molecule has 108 valence electrons. The molecule has 2 aliphatic rings. The van der Waals surface area contributed by atoms with E-state index in [9.17, 15) is 9.59 Å². The largest absolute Gasteiger partial charge is 0.325 e. The van der Waals surface area contributed by atoms with Gasteiger partial charge >= 0.3 is 6.03 Å². The Morgan fingerprint density at radius 1 is 1.37 bits per heavy atom. The molecular formula is C15H26N2O2. The van der Waals surface area contributed by atoms with Crippen molar-refractivity contribution in [3.05, 3.63) is 0 Å². The zero-order chi connectivity index (χ0) is 14.3. The molecule has 1 aliphatic heterocycles. The van der Waals surface area contributed by atoms with Crippen molar-refractivity contribution in [1.29, 1.82) is 0 Å². The van der Waals surface area contributed by atoms with E-state index in [0.717, 1.165) is 32.1 Å². The van der Waals surface area contributed by atoms with Crippen LogP contribution in [0.25, 0.3) is 0 Å². The Kier molecular flexibility index (Phi) is 3.63. The van der Waals surface area contributed by atoms with Crippen LogP contribution in [0.4, 0.5) is 4.79 Å². The van der Waals surface area contributed by atoms with Gasteiger partial charge in [-0.05, 0) is 30.6 Å². The number of nitrogens with zero attached hydrogens (tertiary/aromatic N) is 1. The van der Waals surface area contributed by atoms with E-state index in [1.54, 1.807) is 0 Å². The van der Waals surface area contributed by atoms with Crippen LogP contribution in [0.15, 0.2) is 0 Å². The van der Waals surface area contributed by atoms with Gasteiger partial charge in [0.25, 0.3) is 5.91 Å². The van der Waals surface area contributed by atoms with Crippen LogP contribution in [0.2, 0.25) is 0 Å². The standard InChI is InChI=1S/C15H26N2O2/c1-11-6-5-7-15(10-11)12(18)16-13(19)17(15)9-8-14(2,3)4/h11H,5-10H2,1-4H3,(H,16,18,19). The van der Waals surface area contributed by atoms with Gasteiger partial charge < -0.3 is 4.90 Å². The number of amides is 3. The summed E-state index contributed by atoms with van der Waals surface area (Å²) in [6.45, 7) is 9.35. The molecule has 19 heavy (non-hydrogen) atoms. The highest BCUT2D eigenvalue weighted by Crippen LogP contribution is 2.40. The third kappa shape index (κ3) is 2.77. The van der Waals surface area contributed by atoms with E-state index in [1.807, 2.05) is 4.90 Å². The maximum Gasteiger partial charge on any atom is 0.325 e. The first-order valence-electron chi connectivity index (χ1n) is 7.38. The van der Waals surface area contributed by atoms with Crippen LogP contribution < -0.4 is 5.32 Å². The topological polar surface area (TPSA) is 49.4 Å². The number of rotatable bonds is 2. The molecule has 0 aromatic rings. The third-order valence-corrected chi connectivity index (χ3v) is 4.46. The average molecular weight is 266 g/mol. The van der Waals surface area contributed by atoms with Crippen molar-refractivity contribution in [3.8, 4) is 0 Å². The molecule has 1 spiro atoms. The predicted molar refractivity (Wildman–Crippen MR) is 74.7 cm³/mol. The second-order valence-corrected chi connectivity index (χ2v) is 7.45. The van der Waals surface area contributed by atoms with Crippen molar-refractivity contribution in [2.75, 3.05) is 6.54 Å². The number of carbonyl (C=O) groups is 2. The van der Waals surface area contributed by atoms with Gasteiger partial charge in [-0.2, -0.15) is 0 Å². The second kappa shape index (κ2) is 4.80. The molecule has 2 unspecified atom stereocenters. The molecule has 4 nitrogen and oxygen atoms in total. The molecule has 2 atom stereocenters. The van der Waals surface area contributed by atoms with Crippen molar-refractivity contribution in [1.82, 2.24) is 10.2 Å². The molecule has 4 heteroatoms. The minimum atomic E-state index is -0.556. The summed E-state index contributed by atoms with van der Waals surface area (Å²) >= 11 is 0. The number of hydrogen-bond acceptors (Lipinski definition) is 2. The van der Waals surface area contributed by atoms with E-state index in [4.69, 9.17) is 0 Å². The normalized spacial score (nSPS) is 32.0. The first-order chi connectivity index (χ1) is 8.74. The fraction of sp³-hybridized carbons (Fsp3) is 0.867. The Bertz CT molecular complexity index is 386. The first kappa shape index (κ1) is 14.4. The zero-order valence-corrected chi connectivity index (χ0v) is 12.6. The maximum atomic E-state index is 12.3. The lowest BCUT2D eigenvalue weighted by atomic mass is 9.75. The summed E-state index contributed by atoms with van der Waals surface area (Å²) < 4.78 is 0. The highest BCUT2D eigenvalue weighted by atomic mass is 16.2. The highest BCUT2D eigenvalue weighted by Gasteiger charge is 2.53. The lowest BCUT2D eigenvalue weighted by Gasteiger charge is -2.41. The number of urea groups is 1. The number of hydrogen-bond donors (Lipinski definition) is 1. The fourth-order valence-electron chi connectivity index (χ4n) is 3.34. The Morgan fingerprint density at radius 3 is 2.63 bits per heavy atom. The van der Waals surface area contributed by atoms with Gasteiger partial charge in [-0.3, -0.25) is 10.1 Å². The smallest absolute Gasteiger partial charge is 0.310 e. The predicted octanol–water partition coefficient (Wildman–Crippen LogP) is 2.92. The van der Waals surface area contributed by atoms with Crippen LogP contribution in [0.3, 0.4) is 0 Å². The highest BCUT2D eigenvalue weighted by molar-refractivity contribution is 6.07. The summed E-state index contributed by atoms with van der Waals surface area (Å²) in [5.41, 5.74) is -0.382. The van der Waals surface area contributed by atoms with Crippen molar-refractivity contribution < 1.29 is 9.59 Å². The van der Waals surface area contributed by atoms with Crippen LogP contribution in [0, 0.1) is 11.3 Å². The Balaban J connectivity index is 2.18. The molecule has 0 aromatic heterocycles. The van der Waals surface area contributed by atoms with Gasteiger partial charge in [0.05, 0.1) is 0 Å². The summed E-state index contributed by atoms with van der Waals surface area (Å²) in [4.78, 5) is 26.2. The van der Waals surface area contributed by atoms with Crippen LogP contribution in [-0.2, 0) is 4.79 Å². The van der Waals surface area contributed by atoms with Gasteiger partial charge in [0, 0.05) is 6.54 Å². The Morgan fingerprint density at radius 2 is 2.05 bits per heavy atom. The molecule has 1 saturated heterocycles. The molecule has 0 bridgehead atoms. The minimum absolute atomic E-state index is 0.0713. The van der Waals surface area contributed by atoms with E-state index in [-0.39, 0.29) is 17.4 Å². The van der Waals surface area contributed by atoms with Crippen molar-refractivity contribution >= 4 is 11.9 Å². The molecular weight excluding hydrogens is 240 g/mol. The monoisotopic (exact) mass is 266 g/mol. The second-order valence-electron chi connectivity index (χ2n) is 7.45. The summed E-state index contributed by atoms with van der Waals surface area (Å²) in [5.74, 6) is 0.445. The lowest BCUT2D eigenvalue weighted by Crippen LogP contribution is -2.53. The van der Waals surface area contributed by atoms with Crippen LogP contribution >= 0.6 is 0 Å². The van der Waals surface area contributed by atoms with Gasteiger partial charge in [-0.15, -0.1) is 0 Å². The van der Waals surface area contributed by atoms with E-state index in [2.05, 4.69) is 33.0 Å². The van der Waals surface area contributed by atoms with Gasteiger partial charge in [-0.1, -0.05) is 40.5 Å². The summed E-state index contributed by atoms with van der Waals surface area (Å²) in [5, 5.41) is 2.53. The Hall–Kier alpha value is -1.06. The van der Waals surface area contributed by atoms with E-state index in [1.165, 1.54) is 0 Å².